The van der Waals surface area contributed by atoms with E-state index in [9.17, 15) is 0 Å². The van der Waals surface area contributed by atoms with Gasteiger partial charge < -0.3 is 29.6 Å². The lowest BCUT2D eigenvalue weighted by Crippen LogP contribution is -2.47. The van der Waals surface area contributed by atoms with Crippen molar-refractivity contribution in [2.75, 3.05) is 60.1 Å². The van der Waals surface area contributed by atoms with Crippen LogP contribution in [0.25, 0.3) is 0 Å². The quantitative estimate of drug-likeness (QED) is 0.547. The zero-order chi connectivity index (χ0) is 19.9. The molecule has 2 heterocycles. The van der Waals surface area contributed by atoms with Crippen LogP contribution in [-0.2, 0) is 4.74 Å². The molecule has 7 nitrogen and oxygen atoms in total. The Morgan fingerprint density at radius 1 is 1.21 bits per heavy atom. The number of hydrogen-bond acceptors (Lipinski definition) is 7. The number of rotatable bonds is 8. The molecular weight excluding hydrogens is 354 g/mol. The normalized spacial score (nSPS) is 20.2. The van der Waals surface area contributed by atoms with Crippen LogP contribution in [0.15, 0.2) is 41.2 Å². The molecule has 3 rings (SSSR count). The molecule has 1 aromatic carbocycles. The summed E-state index contributed by atoms with van der Waals surface area (Å²) in [6.45, 7) is 8.40. The van der Waals surface area contributed by atoms with Gasteiger partial charge in [0.15, 0.2) is 0 Å². The molecule has 152 valence electrons. The van der Waals surface area contributed by atoms with Gasteiger partial charge in [-0.05, 0) is 24.8 Å². The van der Waals surface area contributed by atoms with Crippen LogP contribution in [0, 0.1) is 5.41 Å². The minimum Gasteiger partial charge on any atom is -0.491 e. The third-order valence-corrected chi connectivity index (χ3v) is 5.26. The van der Waals surface area contributed by atoms with E-state index in [4.69, 9.17) is 14.9 Å². The molecule has 0 spiro atoms. The van der Waals surface area contributed by atoms with E-state index in [1.807, 2.05) is 42.6 Å². The summed E-state index contributed by atoms with van der Waals surface area (Å²) < 4.78 is 10.7. The Kier molecular flexibility index (Phi) is 7.06. The number of aliphatic imine (C=N–C) groups is 1. The summed E-state index contributed by atoms with van der Waals surface area (Å²) in [6.07, 6.45) is 3.93. The average Bonchev–Trinajstić information content (AvgIpc) is 2.74. The maximum Gasteiger partial charge on any atom is 0.128 e. The maximum absolute atomic E-state index is 8.78. The first kappa shape index (κ1) is 20.4. The van der Waals surface area contributed by atoms with Crippen molar-refractivity contribution in [1.29, 1.82) is 5.41 Å². The number of benzene rings is 1. The largest absolute Gasteiger partial charge is 0.491 e. The number of ether oxygens (including phenoxy) is 2. The van der Waals surface area contributed by atoms with E-state index >= 15 is 0 Å². The predicted octanol–water partition coefficient (Wildman–Crippen LogP) is 1.90. The first-order valence-corrected chi connectivity index (χ1v) is 9.88. The van der Waals surface area contributed by atoms with E-state index in [1.165, 1.54) is 0 Å². The fraction of sp³-hybridized carbons (Fsp3) is 0.524. The minimum absolute atomic E-state index is 0.147. The lowest BCUT2D eigenvalue weighted by atomic mass is 10.0. The van der Waals surface area contributed by atoms with Crippen molar-refractivity contribution in [3.8, 4) is 5.75 Å². The van der Waals surface area contributed by atoms with Gasteiger partial charge in [0.05, 0.1) is 24.7 Å². The molecule has 2 aliphatic rings. The molecule has 1 saturated heterocycles. The van der Waals surface area contributed by atoms with Crippen molar-refractivity contribution in [1.82, 2.24) is 14.7 Å². The first-order valence-electron chi connectivity index (χ1n) is 9.88. The minimum atomic E-state index is -0.147. The van der Waals surface area contributed by atoms with Gasteiger partial charge in [-0.15, -0.1) is 0 Å². The number of hydrogen-bond donors (Lipinski definition) is 1. The van der Waals surface area contributed by atoms with Gasteiger partial charge in [-0.1, -0.05) is 19.1 Å². The molecule has 1 aromatic rings. The summed E-state index contributed by atoms with van der Waals surface area (Å²) in [5.41, 5.74) is 1.39. The van der Waals surface area contributed by atoms with Crippen LogP contribution in [-0.4, -0.2) is 92.9 Å². The number of likely N-dealkylation sites (N-methyl/N-ethyl adjacent to an activating group) is 2. The summed E-state index contributed by atoms with van der Waals surface area (Å²) >= 11 is 0. The van der Waals surface area contributed by atoms with Crippen LogP contribution in [0.3, 0.4) is 0 Å². The molecule has 1 N–H and O–H groups in total. The van der Waals surface area contributed by atoms with Gasteiger partial charge in [-0.3, -0.25) is 0 Å². The lowest BCUT2D eigenvalue weighted by molar-refractivity contribution is 0.146. The van der Waals surface area contributed by atoms with Crippen LogP contribution < -0.4 is 4.74 Å². The molecule has 2 aliphatic heterocycles. The van der Waals surface area contributed by atoms with Crippen LogP contribution in [0.2, 0.25) is 0 Å². The first-order chi connectivity index (χ1) is 13.6. The van der Waals surface area contributed by atoms with Crippen molar-refractivity contribution in [2.24, 2.45) is 4.99 Å². The Labute approximate surface area is 167 Å². The van der Waals surface area contributed by atoms with E-state index in [0.717, 1.165) is 49.9 Å². The second-order valence-corrected chi connectivity index (χ2v) is 7.08. The average molecular weight is 386 g/mol. The third-order valence-electron chi connectivity index (χ3n) is 5.26. The highest BCUT2D eigenvalue weighted by Gasteiger charge is 2.25. The number of piperazine rings is 1. The fourth-order valence-corrected chi connectivity index (χ4v) is 3.46. The summed E-state index contributed by atoms with van der Waals surface area (Å²) in [5.74, 6) is 1.72. The van der Waals surface area contributed by atoms with Crippen molar-refractivity contribution in [3.05, 3.63) is 41.7 Å². The van der Waals surface area contributed by atoms with Gasteiger partial charge in [0, 0.05) is 45.9 Å². The van der Waals surface area contributed by atoms with Crippen molar-refractivity contribution >= 4 is 12.1 Å². The second kappa shape index (κ2) is 9.71. The maximum atomic E-state index is 8.78. The van der Waals surface area contributed by atoms with Gasteiger partial charge in [0.1, 0.15) is 18.2 Å². The number of nitrogens with one attached hydrogen (secondary N) is 1. The molecule has 1 atom stereocenters. The molecule has 0 aromatic heterocycles. The highest BCUT2D eigenvalue weighted by molar-refractivity contribution is 6.04. The summed E-state index contributed by atoms with van der Waals surface area (Å²) in [7, 11) is 3.62. The van der Waals surface area contributed by atoms with Crippen LogP contribution in [0.4, 0.5) is 0 Å². The van der Waals surface area contributed by atoms with Gasteiger partial charge >= 0.3 is 0 Å². The van der Waals surface area contributed by atoms with Gasteiger partial charge in [0.2, 0.25) is 0 Å². The van der Waals surface area contributed by atoms with E-state index < -0.39 is 0 Å². The van der Waals surface area contributed by atoms with E-state index in [1.54, 1.807) is 7.11 Å². The molecule has 0 saturated carbocycles. The molecule has 0 bridgehead atoms. The van der Waals surface area contributed by atoms with Crippen LogP contribution >= 0.6 is 0 Å². The van der Waals surface area contributed by atoms with Crippen molar-refractivity contribution in [2.45, 2.75) is 13.0 Å². The Morgan fingerprint density at radius 3 is 2.71 bits per heavy atom. The van der Waals surface area contributed by atoms with Gasteiger partial charge in [-0.2, -0.15) is 0 Å². The fourth-order valence-electron chi connectivity index (χ4n) is 3.46. The Balaban J connectivity index is 1.71. The Morgan fingerprint density at radius 2 is 2.00 bits per heavy atom. The monoisotopic (exact) mass is 385 g/mol. The van der Waals surface area contributed by atoms with E-state index in [2.05, 4.69) is 27.8 Å². The molecule has 1 fully saturated rings. The predicted molar refractivity (Wildman–Crippen MR) is 112 cm³/mol. The number of methoxy groups -OCH3 is 1. The van der Waals surface area contributed by atoms with Gasteiger partial charge in [-0.25, -0.2) is 4.99 Å². The van der Waals surface area contributed by atoms with Crippen molar-refractivity contribution in [3.63, 3.8) is 0 Å². The van der Waals surface area contributed by atoms with E-state index in [0.29, 0.717) is 18.9 Å². The van der Waals surface area contributed by atoms with Crippen LogP contribution in [0.1, 0.15) is 12.5 Å². The molecule has 0 aliphatic carbocycles. The Hall–Kier alpha value is -2.38. The SMILES string of the molecule is CCN1CCN(C2=CC(C(=N)c3cccc(OCCOC)c3)N(C)C=N2)CC1. The zero-order valence-electron chi connectivity index (χ0n) is 17.1. The highest BCUT2D eigenvalue weighted by Crippen LogP contribution is 2.21. The summed E-state index contributed by atoms with van der Waals surface area (Å²) in [4.78, 5) is 11.4. The Bertz CT molecular complexity index is 725. The highest BCUT2D eigenvalue weighted by atomic mass is 16.5. The van der Waals surface area contributed by atoms with Crippen molar-refractivity contribution < 1.29 is 9.47 Å². The molecule has 0 radical (unpaired) electrons. The second-order valence-electron chi connectivity index (χ2n) is 7.08. The number of nitrogens with zero attached hydrogens (tertiary/aromatic N) is 4. The molecule has 0 amide bonds. The smallest absolute Gasteiger partial charge is 0.128 e. The van der Waals surface area contributed by atoms with Gasteiger partial charge in [0.25, 0.3) is 0 Å². The van der Waals surface area contributed by atoms with Crippen LogP contribution in [0.5, 0.6) is 5.75 Å². The topological polar surface area (TPSA) is 64.4 Å². The molecule has 28 heavy (non-hydrogen) atoms. The third kappa shape index (κ3) is 4.91. The molecule has 1 unspecified atom stereocenters. The molecular formula is C21H31N5O2. The van der Waals surface area contributed by atoms with E-state index in [-0.39, 0.29) is 6.04 Å². The summed E-state index contributed by atoms with van der Waals surface area (Å²) in [6, 6.07) is 7.57. The lowest BCUT2D eigenvalue weighted by Gasteiger charge is -2.37. The molecule has 7 heteroatoms. The summed E-state index contributed by atoms with van der Waals surface area (Å²) in [5, 5.41) is 8.78. The zero-order valence-corrected chi connectivity index (χ0v) is 17.1. The standard InChI is InChI=1S/C21H31N5O2/c1-4-25-8-10-26(11-9-25)20-15-19(24(2)16-23-20)21(22)17-6-5-7-18(14-17)28-13-12-27-3/h5-7,14-16,19,22H,4,8-13H2,1-3H3.